The number of urea groups is 1. The van der Waals surface area contributed by atoms with E-state index in [1.807, 2.05) is 0 Å². The summed E-state index contributed by atoms with van der Waals surface area (Å²) in [5, 5.41) is 12.6. The van der Waals surface area contributed by atoms with Crippen molar-refractivity contribution in [2.24, 2.45) is 0 Å². The summed E-state index contributed by atoms with van der Waals surface area (Å²) in [5.41, 5.74) is -1.49. The molecular weight excluding hydrogens is 313 g/mol. The smallest absolute Gasteiger partial charge is 0.418 e. The van der Waals surface area contributed by atoms with E-state index in [2.05, 4.69) is 10.6 Å². The van der Waals surface area contributed by atoms with Crippen molar-refractivity contribution in [2.75, 3.05) is 11.9 Å². The fourth-order valence-electron chi connectivity index (χ4n) is 1.47. The van der Waals surface area contributed by atoms with Gasteiger partial charge in [0.2, 0.25) is 0 Å². The molecule has 0 saturated heterocycles. The van der Waals surface area contributed by atoms with Crippen LogP contribution in [0.2, 0.25) is 5.02 Å². The standard InChI is InChI=1S/C12H12ClF3N2O3/c13-7-3-4-9(8(6-7)12(14,15)16)18-11(21)17-5-1-2-10(19)20/h3-4,6H,1-2,5H2,(H,19,20)(H2,17,18,21). The number of hydrogen-bond acceptors (Lipinski definition) is 2. The third kappa shape index (κ3) is 5.90. The summed E-state index contributed by atoms with van der Waals surface area (Å²) in [7, 11) is 0. The van der Waals surface area contributed by atoms with Gasteiger partial charge in [0.25, 0.3) is 0 Å². The first-order valence-electron chi connectivity index (χ1n) is 5.83. The topological polar surface area (TPSA) is 78.4 Å². The summed E-state index contributed by atoms with van der Waals surface area (Å²) in [6.07, 6.45) is -4.62. The molecule has 3 N–H and O–H groups in total. The van der Waals surface area contributed by atoms with Crippen LogP contribution in [0.25, 0.3) is 0 Å². The number of benzene rings is 1. The average Bonchev–Trinajstić information content (AvgIpc) is 2.35. The van der Waals surface area contributed by atoms with E-state index in [4.69, 9.17) is 16.7 Å². The van der Waals surface area contributed by atoms with Crippen molar-refractivity contribution in [3.8, 4) is 0 Å². The second-order valence-corrected chi connectivity index (χ2v) is 4.50. The van der Waals surface area contributed by atoms with Crippen LogP contribution in [0, 0.1) is 0 Å². The van der Waals surface area contributed by atoms with Crippen LogP contribution in [0.15, 0.2) is 18.2 Å². The van der Waals surface area contributed by atoms with Gasteiger partial charge in [-0.05, 0) is 24.6 Å². The molecule has 21 heavy (non-hydrogen) atoms. The minimum atomic E-state index is -4.66. The molecule has 0 heterocycles. The normalized spacial score (nSPS) is 11.0. The summed E-state index contributed by atoms with van der Waals surface area (Å²) < 4.78 is 38.3. The number of anilines is 1. The number of carboxylic acid groups (broad SMARTS) is 1. The molecule has 0 fully saturated rings. The van der Waals surface area contributed by atoms with E-state index in [1.165, 1.54) is 6.07 Å². The average molecular weight is 325 g/mol. The van der Waals surface area contributed by atoms with Crippen LogP contribution in [-0.4, -0.2) is 23.7 Å². The van der Waals surface area contributed by atoms with Crippen LogP contribution >= 0.6 is 11.6 Å². The Labute approximate surface area is 123 Å². The number of hydrogen-bond donors (Lipinski definition) is 3. The molecule has 2 amide bonds. The van der Waals surface area contributed by atoms with Gasteiger partial charge < -0.3 is 15.7 Å². The van der Waals surface area contributed by atoms with Crippen molar-refractivity contribution in [3.05, 3.63) is 28.8 Å². The molecule has 0 aliphatic carbocycles. The van der Waals surface area contributed by atoms with E-state index < -0.39 is 29.4 Å². The molecule has 9 heteroatoms. The van der Waals surface area contributed by atoms with E-state index in [-0.39, 0.29) is 24.4 Å². The molecule has 0 atom stereocenters. The van der Waals surface area contributed by atoms with Gasteiger partial charge in [0.15, 0.2) is 0 Å². The molecule has 5 nitrogen and oxygen atoms in total. The van der Waals surface area contributed by atoms with E-state index in [9.17, 15) is 22.8 Å². The number of halogens is 4. The molecule has 0 radical (unpaired) electrons. The minimum Gasteiger partial charge on any atom is -0.481 e. The first-order chi connectivity index (χ1) is 9.70. The lowest BCUT2D eigenvalue weighted by molar-refractivity contribution is -0.137. The minimum absolute atomic E-state index is 0.0348. The zero-order valence-corrected chi connectivity index (χ0v) is 11.4. The third-order valence-electron chi connectivity index (χ3n) is 2.39. The first-order valence-corrected chi connectivity index (χ1v) is 6.21. The van der Waals surface area contributed by atoms with Crippen LogP contribution in [-0.2, 0) is 11.0 Å². The highest BCUT2D eigenvalue weighted by molar-refractivity contribution is 6.30. The summed E-state index contributed by atoms with van der Waals surface area (Å²) in [6, 6.07) is 2.12. The molecule has 0 aliphatic heterocycles. The number of carbonyl (C=O) groups is 2. The van der Waals surface area contributed by atoms with Gasteiger partial charge in [0.05, 0.1) is 11.3 Å². The molecule has 1 rings (SSSR count). The highest BCUT2D eigenvalue weighted by Gasteiger charge is 2.34. The van der Waals surface area contributed by atoms with E-state index in [0.717, 1.165) is 6.07 Å². The molecule has 0 unspecified atom stereocenters. The van der Waals surface area contributed by atoms with E-state index >= 15 is 0 Å². The lowest BCUT2D eigenvalue weighted by atomic mass is 10.1. The Kier molecular flexibility index (Phi) is 5.83. The van der Waals surface area contributed by atoms with Crippen molar-refractivity contribution in [2.45, 2.75) is 19.0 Å². The Bertz CT molecular complexity index is 535. The second kappa shape index (κ2) is 7.16. The largest absolute Gasteiger partial charge is 0.481 e. The monoisotopic (exact) mass is 324 g/mol. The summed E-state index contributed by atoms with van der Waals surface area (Å²) in [6.45, 7) is 0.0348. The Morgan fingerprint density at radius 3 is 2.52 bits per heavy atom. The molecule has 1 aromatic carbocycles. The van der Waals surface area contributed by atoms with Gasteiger partial charge in [-0.2, -0.15) is 13.2 Å². The highest BCUT2D eigenvalue weighted by Crippen LogP contribution is 2.36. The molecule has 116 valence electrons. The Morgan fingerprint density at radius 1 is 1.29 bits per heavy atom. The molecule has 0 bridgehead atoms. The van der Waals surface area contributed by atoms with Crippen molar-refractivity contribution in [3.63, 3.8) is 0 Å². The van der Waals surface area contributed by atoms with Crippen molar-refractivity contribution in [1.29, 1.82) is 0 Å². The molecule has 0 aliphatic rings. The molecule has 1 aromatic rings. The Balaban J connectivity index is 2.66. The number of nitrogens with one attached hydrogen (secondary N) is 2. The summed E-state index contributed by atoms with van der Waals surface area (Å²) >= 11 is 5.51. The number of carboxylic acids is 1. The third-order valence-corrected chi connectivity index (χ3v) is 2.62. The number of carbonyl (C=O) groups excluding carboxylic acids is 1. The highest BCUT2D eigenvalue weighted by atomic mass is 35.5. The maximum atomic E-state index is 12.8. The maximum Gasteiger partial charge on any atom is 0.418 e. The zero-order valence-electron chi connectivity index (χ0n) is 10.6. The SMILES string of the molecule is O=C(O)CCCNC(=O)Nc1ccc(Cl)cc1C(F)(F)F. The van der Waals surface area contributed by atoms with Crippen LogP contribution in [0.4, 0.5) is 23.7 Å². The summed E-state index contributed by atoms with van der Waals surface area (Å²) in [5.74, 6) is -1.02. The molecule has 0 saturated carbocycles. The van der Waals surface area contributed by atoms with Gasteiger partial charge in [0.1, 0.15) is 0 Å². The zero-order chi connectivity index (χ0) is 16.0. The summed E-state index contributed by atoms with van der Waals surface area (Å²) in [4.78, 5) is 21.7. The van der Waals surface area contributed by atoms with E-state index in [1.54, 1.807) is 0 Å². The van der Waals surface area contributed by atoms with Crippen LogP contribution in [0.1, 0.15) is 18.4 Å². The Morgan fingerprint density at radius 2 is 1.95 bits per heavy atom. The fraction of sp³-hybridized carbons (Fsp3) is 0.333. The molecule has 0 aromatic heterocycles. The van der Waals surface area contributed by atoms with Gasteiger partial charge in [0, 0.05) is 18.0 Å². The predicted molar refractivity (Wildman–Crippen MR) is 70.3 cm³/mol. The second-order valence-electron chi connectivity index (χ2n) is 4.07. The van der Waals surface area contributed by atoms with Gasteiger partial charge in [-0.15, -0.1) is 0 Å². The van der Waals surface area contributed by atoms with Crippen LogP contribution in [0.5, 0.6) is 0 Å². The predicted octanol–water partition coefficient (Wildman–Crippen LogP) is 3.35. The number of amides is 2. The number of alkyl halides is 3. The van der Waals surface area contributed by atoms with Gasteiger partial charge in [-0.25, -0.2) is 4.79 Å². The molecule has 0 spiro atoms. The maximum absolute atomic E-state index is 12.8. The lowest BCUT2D eigenvalue weighted by Gasteiger charge is -2.14. The van der Waals surface area contributed by atoms with Gasteiger partial charge >= 0.3 is 18.2 Å². The lowest BCUT2D eigenvalue weighted by Crippen LogP contribution is -2.30. The number of aliphatic carboxylic acids is 1. The van der Waals surface area contributed by atoms with E-state index in [0.29, 0.717) is 6.07 Å². The Hall–Kier alpha value is -1.96. The number of rotatable bonds is 5. The van der Waals surface area contributed by atoms with Gasteiger partial charge in [-0.1, -0.05) is 11.6 Å². The fourth-order valence-corrected chi connectivity index (χ4v) is 1.64. The van der Waals surface area contributed by atoms with Crippen molar-refractivity contribution in [1.82, 2.24) is 5.32 Å². The molecular formula is C12H12ClF3N2O3. The van der Waals surface area contributed by atoms with Crippen molar-refractivity contribution < 1.29 is 27.9 Å². The van der Waals surface area contributed by atoms with Crippen molar-refractivity contribution >= 4 is 29.3 Å². The van der Waals surface area contributed by atoms with Gasteiger partial charge in [-0.3, -0.25) is 4.79 Å². The first kappa shape index (κ1) is 17.1. The van der Waals surface area contributed by atoms with Crippen LogP contribution in [0.3, 0.4) is 0 Å². The van der Waals surface area contributed by atoms with Crippen LogP contribution < -0.4 is 10.6 Å². The quantitative estimate of drug-likeness (QED) is 0.727.